The second kappa shape index (κ2) is 5.32. The molecule has 15 heavy (non-hydrogen) atoms. The van der Waals surface area contributed by atoms with E-state index in [0.29, 0.717) is 26.3 Å². The SMILES string of the molecule is CCN(C)C(=O)NCC1(OC)CCOC1. The Morgan fingerprint density at radius 2 is 2.40 bits per heavy atom. The molecule has 0 aromatic heterocycles. The minimum absolute atomic E-state index is 0.0687. The van der Waals surface area contributed by atoms with E-state index in [0.717, 1.165) is 6.42 Å². The van der Waals surface area contributed by atoms with Crippen molar-refractivity contribution in [3.63, 3.8) is 0 Å². The number of carbonyl (C=O) groups excluding carboxylic acids is 1. The molecule has 1 saturated heterocycles. The van der Waals surface area contributed by atoms with Gasteiger partial charge in [0.25, 0.3) is 0 Å². The highest BCUT2D eigenvalue weighted by Gasteiger charge is 2.35. The summed E-state index contributed by atoms with van der Waals surface area (Å²) in [5.41, 5.74) is -0.329. The van der Waals surface area contributed by atoms with E-state index in [1.54, 1.807) is 19.1 Å². The predicted molar refractivity (Wildman–Crippen MR) is 56.9 cm³/mol. The van der Waals surface area contributed by atoms with Gasteiger partial charge >= 0.3 is 6.03 Å². The molecule has 1 unspecified atom stereocenters. The van der Waals surface area contributed by atoms with Gasteiger partial charge in [-0.05, 0) is 6.92 Å². The van der Waals surface area contributed by atoms with Gasteiger partial charge in [0.2, 0.25) is 0 Å². The number of rotatable bonds is 4. The summed E-state index contributed by atoms with van der Waals surface area (Å²) < 4.78 is 10.7. The van der Waals surface area contributed by atoms with Gasteiger partial charge < -0.3 is 19.7 Å². The van der Waals surface area contributed by atoms with Crippen LogP contribution in [-0.2, 0) is 9.47 Å². The summed E-state index contributed by atoms with van der Waals surface area (Å²) in [5, 5.41) is 2.85. The average Bonchev–Trinajstić information content (AvgIpc) is 2.74. The van der Waals surface area contributed by atoms with E-state index < -0.39 is 0 Å². The standard InChI is InChI=1S/C10H20N2O3/c1-4-12(2)9(13)11-7-10(14-3)5-6-15-8-10/h4-8H2,1-3H3,(H,11,13). The lowest BCUT2D eigenvalue weighted by molar-refractivity contribution is -0.0143. The summed E-state index contributed by atoms with van der Waals surface area (Å²) in [7, 11) is 3.42. The molecule has 0 aromatic rings. The van der Waals surface area contributed by atoms with Gasteiger partial charge in [0.1, 0.15) is 5.60 Å². The first-order valence-electron chi connectivity index (χ1n) is 5.25. The maximum atomic E-state index is 11.5. The van der Waals surface area contributed by atoms with Gasteiger partial charge in [-0.15, -0.1) is 0 Å². The molecule has 0 saturated carbocycles. The molecule has 1 aliphatic heterocycles. The lowest BCUT2D eigenvalue weighted by Crippen LogP contribution is -2.48. The summed E-state index contributed by atoms with van der Waals surface area (Å²) in [6.45, 7) is 4.40. The molecule has 1 fully saturated rings. The fourth-order valence-electron chi connectivity index (χ4n) is 1.48. The van der Waals surface area contributed by atoms with E-state index in [1.165, 1.54) is 0 Å². The number of nitrogens with one attached hydrogen (secondary N) is 1. The van der Waals surface area contributed by atoms with Crippen LogP contribution >= 0.6 is 0 Å². The van der Waals surface area contributed by atoms with Crippen molar-refractivity contribution >= 4 is 6.03 Å². The van der Waals surface area contributed by atoms with E-state index in [4.69, 9.17) is 9.47 Å². The maximum Gasteiger partial charge on any atom is 0.317 e. The summed E-state index contributed by atoms with van der Waals surface area (Å²) in [4.78, 5) is 13.1. The Morgan fingerprint density at radius 3 is 2.87 bits per heavy atom. The number of ether oxygens (including phenoxy) is 2. The summed E-state index contributed by atoms with van der Waals surface area (Å²) in [6, 6.07) is -0.0687. The highest BCUT2D eigenvalue weighted by atomic mass is 16.5. The van der Waals surface area contributed by atoms with Crippen LogP contribution in [0.15, 0.2) is 0 Å². The molecule has 88 valence electrons. The monoisotopic (exact) mass is 216 g/mol. The molecule has 1 heterocycles. The van der Waals surface area contributed by atoms with E-state index >= 15 is 0 Å². The van der Waals surface area contributed by atoms with Gasteiger partial charge in [-0.1, -0.05) is 0 Å². The third-order valence-corrected chi connectivity index (χ3v) is 2.88. The number of amides is 2. The average molecular weight is 216 g/mol. The van der Waals surface area contributed by atoms with Crippen LogP contribution in [-0.4, -0.2) is 57.0 Å². The van der Waals surface area contributed by atoms with E-state index in [2.05, 4.69) is 5.32 Å². The summed E-state index contributed by atoms with van der Waals surface area (Å²) >= 11 is 0. The van der Waals surface area contributed by atoms with Gasteiger partial charge in [-0.25, -0.2) is 4.79 Å². The van der Waals surface area contributed by atoms with Crippen molar-refractivity contribution in [3.8, 4) is 0 Å². The highest BCUT2D eigenvalue weighted by Crippen LogP contribution is 2.21. The second-order valence-corrected chi connectivity index (χ2v) is 3.86. The zero-order chi connectivity index (χ0) is 11.3. The lowest BCUT2D eigenvalue weighted by Gasteiger charge is -2.27. The molecule has 1 aliphatic rings. The molecule has 5 nitrogen and oxygen atoms in total. The third-order valence-electron chi connectivity index (χ3n) is 2.88. The molecule has 1 N–H and O–H groups in total. The Balaban J connectivity index is 2.37. The van der Waals surface area contributed by atoms with Crippen molar-refractivity contribution in [1.82, 2.24) is 10.2 Å². The number of nitrogens with zero attached hydrogens (tertiary/aromatic N) is 1. The minimum atomic E-state index is -0.329. The van der Waals surface area contributed by atoms with E-state index in [1.807, 2.05) is 6.92 Å². The van der Waals surface area contributed by atoms with Gasteiger partial charge in [0.15, 0.2) is 0 Å². The van der Waals surface area contributed by atoms with E-state index in [-0.39, 0.29) is 11.6 Å². The first kappa shape index (κ1) is 12.3. The Labute approximate surface area is 90.7 Å². The van der Waals surface area contributed by atoms with Gasteiger partial charge in [0.05, 0.1) is 13.2 Å². The largest absolute Gasteiger partial charge is 0.378 e. The zero-order valence-corrected chi connectivity index (χ0v) is 9.71. The maximum absolute atomic E-state index is 11.5. The molecule has 1 rings (SSSR count). The van der Waals surface area contributed by atoms with Gasteiger partial charge in [-0.2, -0.15) is 0 Å². The number of carbonyl (C=O) groups is 1. The van der Waals surface area contributed by atoms with Crippen molar-refractivity contribution in [3.05, 3.63) is 0 Å². The van der Waals surface area contributed by atoms with Crippen LogP contribution in [0.25, 0.3) is 0 Å². The highest BCUT2D eigenvalue weighted by molar-refractivity contribution is 5.73. The second-order valence-electron chi connectivity index (χ2n) is 3.86. The van der Waals surface area contributed by atoms with Crippen molar-refractivity contribution in [2.24, 2.45) is 0 Å². The van der Waals surface area contributed by atoms with Gasteiger partial charge in [0, 0.05) is 33.7 Å². The smallest absolute Gasteiger partial charge is 0.317 e. The Bertz CT molecular complexity index is 215. The number of methoxy groups -OCH3 is 1. The predicted octanol–water partition coefficient (Wildman–Crippen LogP) is 0.453. The molecular weight excluding hydrogens is 196 g/mol. The van der Waals surface area contributed by atoms with Crippen LogP contribution in [0.3, 0.4) is 0 Å². The van der Waals surface area contributed by atoms with Crippen molar-refractivity contribution in [1.29, 1.82) is 0 Å². The zero-order valence-electron chi connectivity index (χ0n) is 9.71. The Morgan fingerprint density at radius 1 is 1.67 bits per heavy atom. The quantitative estimate of drug-likeness (QED) is 0.742. The van der Waals surface area contributed by atoms with Crippen molar-refractivity contribution < 1.29 is 14.3 Å². The van der Waals surface area contributed by atoms with Crippen LogP contribution in [0.1, 0.15) is 13.3 Å². The number of hydrogen-bond donors (Lipinski definition) is 1. The number of urea groups is 1. The minimum Gasteiger partial charge on any atom is -0.378 e. The molecule has 0 aromatic carbocycles. The Kier molecular flexibility index (Phi) is 4.35. The summed E-state index contributed by atoms with van der Waals surface area (Å²) in [5.74, 6) is 0. The van der Waals surface area contributed by atoms with Crippen LogP contribution in [0.4, 0.5) is 4.79 Å². The summed E-state index contributed by atoms with van der Waals surface area (Å²) in [6.07, 6.45) is 0.833. The molecule has 5 heteroatoms. The molecular formula is C10H20N2O3. The normalized spacial score (nSPS) is 25.3. The van der Waals surface area contributed by atoms with E-state index in [9.17, 15) is 4.79 Å². The lowest BCUT2D eigenvalue weighted by atomic mass is 10.0. The van der Waals surface area contributed by atoms with Crippen LogP contribution in [0.2, 0.25) is 0 Å². The van der Waals surface area contributed by atoms with Crippen molar-refractivity contribution in [2.75, 3.05) is 40.5 Å². The first-order valence-corrected chi connectivity index (χ1v) is 5.25. The Hall–Kier alpha value is -0.810. The molecule has 1 atom stereocenters. The third kappa shape index (κ3) is 3.07. The molecule has 0 spiro atoms. The number of hydrogen-bond acceptors (Lipinski definition) is 3. The first-order chi connectivity index (χ1) is 7.13. The van der Waals surface area contributed by atoms with Crippen LogP contribution in [0.5, 0.6) is 0 Å². The van der Waals surface area contributed by atoms with Crippen molar-refractivity contribution in [2.45, 2.75) is 18.9 Å². The fraction of sp³-hybridized carbons (Fsp3) is 0.900. The molecule has 0 radical (unpaired) electrons. The van der Waals surface area contributed by atoms with Crippen LogP contribution < -0.4 is 5.32 Å². The fourth-order valence-corrected chi connectivity index (χ4v) is 1.48. The molecule has 2 amide bonds. The van der Waals surface area contributed by atoms with Crippen LogP contribution in [0, 0.1) is 0 Å². The topological polar surface area (TPSA) is 50.8 Å². The molecule has 0 aliphatic carbocycles. The molecule has 0 bridgehead atoms. The van der Waals surface area contributed by atoms with Gasteiger partial charge in [-0.3, -0.25) is 0 Å².